The van der Waals surface area contributed by atoms with Gasteiger partial charge in [0, 0.05) is 29.8 Å². The number of nitrogens with one attached hydrogen (secondary N) is 2. The first-order valence-corrected chi connectivity index (χ1v) is 14.0. The van der Waals surface area contributed by atoms with Crippen molar-refractivity contribution >= 4 is 28.0 Å². The van der Waals surface area contributed by atoms with E-state index in [1.165, 1.54) is 24.7 Å². The van der Waals surface area contributed by atoms with E-state index in [1.807, 2.05) is 42.2 Å². The van der Waals surface area contributed by atoms with Gasteiger partial charge in [-0.15, -0.1) is 0 Å². The maximum atomic E-state index is 13.4. The second kappa shape index (κ2) is 9.76. The summed E-state index contributed by atoms with van der Waals surface area (Å²) in [5, 5.41) is 3.01. The topological polar surface area (TPSA) is 95.6 Å². The van der Waals surface area contributed by atoms with E-state index in [2.05, 4.69) is 16.1 Å². The van der Waals surface area contributed by atoms with Crippen molar-refractivity contribution in [1.29, 1.82) is 0 Å². The smallest absolute Gasteiger partial charge is 0.322 e. The second-order valence-corrected chi connectivity index (χ2v) is 11.9. The summed E-state index contributed by atoms with van der Waals surface area (Å²) in [4.78, 5) is 26.8. The lowest BCUT2D eigenvalue weighted by molar-refractivity contribution is 0.112. The number of anilines is 1. The number of hydrogen-bond acceptors (Lipinski definition) is 4. The molecule has 5 rings (SSSR count). The highest BCUT2D eigenvalue weighted by Crippen LogP contribution is 2.51. The van der Waals surface area contributed by atoms with Gasteiger partial charge in [0.2, 0.25) is 10.0 Å². The number of benzene rings is 3. The highest BCUT2D eigenvalue weighted by Gasteiger charge is 2.46. The molecule has 0 saturated heterocycles. The third kappa shape index (κ3) is 4.67. The van der Waals surface area contributed by atoms with E-state index in [9.17, 15) is 18.0 Å². The summed E-state index contributed by atoms with van der Waals surface area (Å²) < 4.78 is 26.2. The van der Waals surface area contributed by atoms with Gasteiger partial charge in [-0.1, -0.05) is 43.2 Å². The summed E-state index contributed by atoms with van der Waals surface area (Å²) in [7, 11) is -2.12. The molecule has 2 aliphatic rings. The zero-order valence-corrected chi connectivity index (χ0v) is 21.9. The predicted molar refractivity (Wildman–Crippen MR) is 144 cm³/mol. The van der Waals surface area contributed by atoms with Crippen LogP contribution in [0.25, 0.3) is 11.1 Å². The maximum absolute atomic E-state index is 13.4. The lowest BCUT2D eigenvalue weighted by Gasteiger charge is -2.25. The van der Waals surface area contributed by atoms with Crippen LogP contribution in [0.15, 0.2) is 65.6 Å². The molecule has 1 heterocycles. The van der Waals surface area contributed by atoms with Crippen molar-refractivity contribution in [2.75, 3.05) is 18.5 Å². The molecule has 8 heteroatoms. The van der Waals surface area contributed by atoms with Gasteiger partial charge < -0.3 is 5.32 Å². The number of hydrogen-bond donors (Lipinski definition) is 2. The Balaban J connectivity index is 1.40. The molecule has 0 atom stereocenters. The van der Waals surface area contributed by atoms with Gasteiger partial charge in [0.15, 0.2) is 0 Å². The van der Waals surface area contributed by atoms with Crippen molar-refractivity contribution in [2.24, 2.45) is 0 Å². The molecule has 3 aromatic rings. The van der Waals surface area contributed by atoms with E-state index in [1.54, 1.807) is 12.1 Å². The minimum absolute atomic E-state index is 0.0536. The second-order valence-electron chi connectivity index (χ2n) is 10.0. The predicted octanol–water partition coefficient (Wildman–Crippen LogP) is 4.92. The van der Waals surface area contributed by atoms with Crippen LogP contribution < -0.4 is 14.9 Å². The first-order chi connectivity index (χ1) is 17.8. The van der Waals surface area contributed by atoms with E-state index in [0.29, 0.717) is 18.7 Å². The van der Waals surface area contributed by atoms with Gasteiger partial charge in [-0.2, -0.15) is 0 Å². The van der Waals surface area contributed by atoms with Crippen LogP contribution in [0.2, 0.25) is 0 Å². The Kier molecular flexibility index (Phi) is 6.64. The monoisotopic (exact) mass is 517 g/mol. The van der Waals surface area contributed by atoms with Gasteiger partial charge in [0.1, 0.15) is 6.29 Å². The summed E-state index contributed by atoms with van der Waals surface area (Å²) in [5.74, 6) is 0. The molecule has 0 radical (unpaired) electrons. The van der Waals surface area contributed by atoms with Crippen LogP contribution in [0.1, 0.15) is 52.7 Å². The molecule has 2 N–H and O–H groups in total. The minimum atomic E-state index is -3.50. The largest absolute Gasteiger partial charge is 0.334 e. The molecule has 1 saturated carbocycles. The van der Waals surface area contributed by atoms with Crippen LogP contribution in [0.3, 0.4) is 0 Å². The van der Waals surface area contributed by atoms with E-state index in [-0.39, 0.29) is 16.3 Å². The summed E-state index contributed by atoms with van der Waals surface area (Å²) in [6.45, 7) is 2.99. The molecule has 0 aromatic heterocycles. The van der Waals surface area contributed by atoms with Gasteiger partial charge in [0.25, 0.3) is 0 Å². The van der Waals surface area contributed by atoms with Gasteiger partial charge in [-0.25, -0.2) is 17.9 Å². The van der Waals surface area contributed by atoms with Crippen LogP contribution in [0.5, 0.6) is 0 Å². The molecule has 192 valence electrons. The van der Waals surface area contributed by atoms with Gasteiger partial charge >= 0.3 is 6.03 Å². The molecule has 1 aliphatic heterocycles. The molecule has 2 amide bonds. The number of carbonyl (C=O) groups excluding carboxylic acids is 2. The van der Waals surface area contributed by atoms with E-state index in [0.717, 1.165) is 59.9 Å². The lowest BCUT2D eigenvalue weighted by atomic mass is 9.79. The highest BCUT2D eigenvalue weighted by molar-refractivity contribution is 7.89. The van der Waals surface area contributed by atoms with Gasteiger partial charge in [0.05, 0.1) is 4.90 Å². The van der Waals surface area contributed by atoms with Gasteiger partial charge in [-0.05, 0) is 85.0 Å². The average Bonchev–Trinajstić information content (AvgIpc) is 3.53. The number of sulfonamides is 1. The zero-order chi connectivity index (χ0) is 26.2. The number of nitrogens with zero attached hydrogens (tertiary/aromatic N) is 1. The van der Waals surface area contributed by atoms with Crippen molar-refractivity contribution in [3.63, 3.8) is 0 Å². The highest BCUT2D eigenvalue weighted by atomic mass is 32.2. The first kappa shape index (κ1) is 25.2. The number of rotatable bonds is 6. The fourth-order valence-corrected chi connectivity index (χ4v) is 6.43. The Morgan fingerprint density at radius 3 is 2.43 bits per heavy atom. The fraction of sp³-hybridized carbons (Fsp3) is 0.310. The zero-order valence-electron chi connectivity index (χ0n) is 21.1. The SMILES string of the molecule is CNS(=O)(=O)c1ccc(CNC(=O)N2CC3(CCCC3)c3cc(-c4cc(C=O)ccc4C)ccc32)cc1. The molecular formula is C29H31N3O4S. The summed E-state index contributed by atoms with van der Waals surface area (Å²) >= 11 is 0. The quantitative estimate of drug-likeness (QED) is 0.454. The van der Waals surface area contributed by atoms with Crippen LogP contribution >= 0.6 is 0 Å². The Labute approximate surface area is 217 Å². The van der Waals surface area contributed by atoms with Crippen LogP contribution in [0, 0.1) is 6.92 Å². The Hall–Kier alpha value is -3.49. The number of urea groups is 1. The molecule has 0 bridgehead atoms. The molecule has 1 spiro atoms. The molecular weight excluding hydrogens is 486 g/mol. The van der Waals surface area contributed by atoms with E-state index < -0.39 is 10.0 Å². The normalized spacial score (nSPS) is 16.1. The van der Waals surface area contributed by atoms with Crippen molar-refractivity contribution < 1.29 is 18.0 Å². The van der Waals surface area contributed by atoms with Crippen molar-refractivity contribution in [2.45, 2.75) is 49.5 Å². The molecule has 1 fully saturated rings. The fourth-order valence-electron chi connectivity index (χ4n) is 5.70. The molecule has 0 unspecified atom stereocenters. The van der Waals surface area contributed by atoms with E-state index >= 15 is 0 Å². The van der Waals surface area contributed by atoms with Crippen LogP contribution in [-0.4, -0.2) is 34.3 Å². The lowest BCUT2D eigenvalue weighted by Crippen LogP contribution is -2.41. The third-order valence-corrected chi connectivity index (χ3v) is 9.21. The standard InChI is InChI=1S/C29H31N3O4S/c1-20-5-6-22(18-33)15-25(20)23-9-12-27-26(16-23)29(13-3-4-14-29)19-32(27)28(34)31-17-21-7-10-24(11-8-21)37(35,36)30-2/h5-12,15-16,18,30H,3-4,13-14,17,19H2,1-2H3,(H,31,34). The number of fused-ring (bicyclic) bond motifs is 2. The third-order valence-electron chi connectivity index (χ3n) is 7.78. The van der Waals surface area contributed by atoms with E-state index in [4.69, 9.17) is 0 Å². The number of amides is 2. The molecule has 1 aliphatic carbocycles. The number of carbonyl (C=O) groups is 2. The van der Waals surface area contributed by atoms with Crippen molar-refractivity contribution in [1.82, 2.24) is 10.0 Å². The summed E-state index contributed by atoms with van der Waals surface area (Å²) in [6.07, 6.45) is 5.24. The Morgan fingerprint density at radius 2 is 1.76 bits per heavy atom. The van der Waals surface area contributed by atoms with Gasteiger partial charge in [-0.3, -0.25) is 9.69 Å². The minimum Gasteiger partial charge on any atom is -0.334 e. The Bertz CT molecular complexity index is 1460. The molecule has 7 nitrogen and oxygen atoms in total. The molecule has 37 heavy (non-hydrogen) atoms. The Morgan fingerprint density at radius 1 is 1.03 bits per heavy atom. The van der Waals surface area contributed by atoms with Crippen molar-refractivity contribution in [3.05, 3.63) is 82.9 Å². The van der Waals surface area contributed by atoms with Crippen LogP contribution in [-0.2, 0) is 22.0 Å². The molecule has 3 aromatic carbocycles. The average molecular weight is 518 g/mol. The van der Waals surface area contributed by atoms with Crippen molar-refractivity contribution in [3.8, 4) is 11.1 Å². The maximum Gasteiger partial charge on any atom is 0.322 e. The summed E-state index contributed by atoms with van der Waals surface area (Å²) in [6, 6.07) is 18.3. The first-order valence-electron chi connectivity index (χ1n) is 12.5. The summed E-state index contributed by atoms with van der Waals surface area (Å²) in [5.41, 5.74) is 6.75. The van der Waals surface area contributed by atoms with Crippen LogP contribution in [0.4, 0.5) is 10.5 Å². The number of aldehydes is 1. The number of aryl methyl sites for hydroxylation is 1.